The molecule has 5 nitrogen and oxygen atoms in total. The molecular weight excluding hydrogens is 274 g/mol. The molecule has 0 radical (unpaired) electrons. The molecule has 1 N–H and O–H groups in total. The molecule has 2 aromatic rings. The van der Waals surface area contributed by atoms with E-state index in [2.05, 4.69) is 36.3 Å². The Bertz CT molecular complexity index is 543. The second-order valence-corrected chi connectivity index (χ2v) is 6.52. The lowest BCUT2D eigenvalue weighted by Gasteiger charge is -2.19. The summed E-state index contributed by atoms with van der Waals surface area (Å²) < 4.78 is 10.9. The summed E-state index contributed by atoms with van der Waals surface area (Å²) in [4.78, 5) is 0.888. The number of thiophene rings is 1. The van der Waals surface area contributed by atoms with Crippen molar-refractivity contribution in [2.45, 2.75) is 39.2 Å². The number of methoxy groups -OCH3 is 1. The van der Waals surface area contributed by atoms with Gasteiger partial charge in [0.1, 0.15) is 10.6 Å². The molecule has 2 aromatic heterocycles. The van der Waals surface area contributed by atoms with Gasteiger partial charge in [0, 0.05) is 12.0 Å². The Hall–Kier alpha value is -1.40. The predicted molar refractivity (Wildman–Crippen MR) is 80.2 cm³/mol. The maximum atomic E-state index is 5.68. The van der Waals surface area contributed by atoms with Crippen LogP contribution in [0.4, 0.5) is 0 Å². The minimum atomic E-state index is 0.143. The third kappa shape index (κ3) is 4.05. The van der Waals surface area contributed by atoms with E-state index in [1.54, 1.807) is 7.11 Å². The van der Waals surface area contributed by atoms with Crippen molar-refractivity contribution in [2.75, 3.05) is 13.7 Å². The van der Waals surface area contributed by atoms with E-state index in [-0.39, 0.29) is 5.54 Å². The highest BCUT2D eigenvalue weighted by Gasteiger charge is 2.15. The SMILES string of the molecule is COc1ccsc1-c1nnc(CCCNC(C)(C)C)o1. The Morgan fingerprint density at radius 2 is 2.15 bits per heavy atom. The van der Waals surface area contributed by atoms with Crippen molar-refractivity contribution in [3.05, 3.63) is 17.3 Å². The fraction of sp³-hybridized carbons (Fsp3) is 0.571. The predicted octanol–water partition coefficient (Wildman–Crippen LogP) is 3.13. The molecule has 2 rings (SSSR count). The van der Waals surface area contributed by atoms with Gasteiger partial charge in [-0.2, -0.15) is 0 Å². The van der Waals surface area contributed by atoms with Gasteiger partial charge in [0.25, 0.3) is 5.89 Å². The Labute approximate surface area is 123 Å². The van der Waals surface area contributed by atoms with Crippen LogP contribution in [0.1, 0.15) is 33.1 Å². The fourth-order valence-corrected chi connectivity index (χ4v) is 2.54. The standard InChI is InChI=1S/C14H21N3O2S/c1-14(2,3)15-8-5-6-11-16-17-13(19-11)12-10(18-4)7-9-20-12/h7,9,15H,5-6,8H2,1-4H3. The van der Waals surface area contributed by atoms with E-state index >= 15 is 0 Å². The molecule has 0 spiro atoms. The van der Waals surface area contributed by atoms with E-state index in [0.29, 0.717) is 11.8 Å². The number of aryl methyl sites for hydroxylation is 1. The summed E-state index contributed by atoms with van der Waals surface area (Å²) in [6.07, 6.45) is 1.75. The topological polar surface area (TPSA) is 60.2 Å². The second-order valence-electron chi connectivity index (χ2n) is 5.60. The number of nitrogens with one attached hydrogen (secondary N) is 1. The van der Waals surface area contributed by atoms with Crippen molar-refractivity contribution in [2.24, 2.45) is 0 Å². The van der Waals surface area contributed by atoms with Crippen molar-refractivity contribution in [3.63, 3.8) is 0 Å². The fourth-order valence-electron chi connectivity index (χ4n) is 1.76. The zero-order valence-corrected chi connectivity index (χ0v) is 13.2. The lowest BCUT2D eigenvalue weighted by Crippen LogP contribution is -2.36. The molecular formula is C14H21N3O2S. The summed E-state index contributed by atoms with van der Waals surface area (Å²) >= 11 is 1.54. The minimum absolute atomic E-state index is 0.143. The zero-order chi connectivity index (χ0) is 14.6. The molecule has 2 heterocycles. The molecule has 0 aromatic carbocycles. The third-order valence-corrected chi connectivity index (χ3v) is 3.62. The minimum Gasteiger partial charge on any atom is -0.495 e. The van der Waals surface area contributed by atoms with E-state index < -0.39 is 0 Å². The Kier molecular flexibility index (Phi) is 4.77. The molecule has 0 aliphatic rings. The Balaban J connectivity index is 1.90. The quantitative estimate of drug-likeness (QED) is 0.830. The molecule has 0 aliphatic heterocycles. The third-order valence-electron chi connectivity index (χ3n) is 2.73. The molecule has 20 heavy (non-hydrogen) atoms. The number of aromatic nitrogens is 2. The molecule has 0 aliphatic carbocycles. The van der Waals surface area contributed by atoms with Gasteiger partial charge >= 0.3 is 0 Å². The molecule has 6 heteroatoms. The maximum absolute atomic E-state index is 5.68. The molecule has 0 amide bonds. The van der Waals surface area contributed by atoms with Crippen LogP contribution < -0.4 is 10.1 Å². The van der Waals surface area contributed by atoms with Crippen molar-refractivity contribution in [3.8, 4) is 16.5 Å². The highest BCUT2D eigenvalue weighted by molar-refractivity contribution is 7.13. The number of rotatable bonds is 6. The summed E-state index contributed by atoms with van der Waals surface area (Å²) in [5, 5.41) is 13.6. The van der Waals surface area contributed by atoms with Gasteiger partial charge in [-0.15, -0.1) is 21.5 Å². The summed E-state index contributed by atoms with van der Waals surface area (Å²) in [7, 11) is 1.64. The Morgan fingerprint density at radius 3 is 2.85 bits per heavy atom. The van der Waals surface area contributed by atoms with Crippen LogP contribution >= 0.6 is 11.3 Å². The van der Waals surface area contributed by atoms with E-state index in [1.165, 1.54) is 11.3 Å². The highest BCUT2D eigenvalue weighted by atomic mass is 32.1. The van der Waals surface area contributed by atoms with Gasteiger partial charge in [-0.3, -0.25) is 0 Å². The van der Waals surface area contributed by atoms with Crippen LogP contribution in [-0.2, 0) is 6.42 Å². The van der Waals surface area contributed by atoms with Crippen LogP contribution in [0.25, 0.3) is 10.8 Å². The lowest BCUT2D eigenvalue weighted by atomic mass is 10.1. The van der Waals surface area contributed by atoms with E-state index in [0.717, 1.165) is 30.0 Å². The average molecular weight is 295 g/mol. The zero-order valence-electron chi connectivity index (χ0n) is 12.4. The molecule has 0 unspecified atom stereocenters. The van der Waals surface area contributed by atoms with Gasteiger partial charge in [-0.1, -0.05) is 0 Å². The number of hydrogen-bond acceptors (Lipinski definition) is 6. The first-order valence-corrected chi connectivity index (χ1v) is 7.57. The molecule has 0 saturated heterocycles. The Morgan fingerprint density at radius 1 is 1.35 bits per heavy atom. The first-order chi connectivity index (χ1) is 9.49. The van der Waals surface area contributed by atoms with Crippen LogP contribution in [-0.4, -0.2) is 29.4 Å². The monoisotopic (exact) mass is 295 g/mol. The van der Waals surface area contributed by atoms with Crippen LogP contribution in [0.5, 0.6) is 5.75 Å². The van der Waals surface area contributed by atoms with Crippen LogP contribution in [0, 0.1) is 0 Å². The van der Waals surface area contributed by atoms with Crippen molar-refractivity contribution < 1.29 is 9.15 Å². The van der Waals surface area contributed by atoms with Crippen molar-refractivity contribution in [1.82, 2.24) is 15.5 Å². The van der Waals surface area contributed by atoms with E-state index in [9.17, 15) is 0 Å². The van der Waals surface area contributed by atoms with Crippen molar-refractivity contribution in [1.29, 1.82) is 0 Å². The van der Waals surface area contributed by atoms with Gasteiger partial charge in [-0.05, 0) is 45.2 Å². The van der Waals surface area contributed by atoms with Gasteiger partial charge < -0.3 is 14.5 Å². The molecule has 0 saturated carbocycles. The number of hydrogen-bond donors (Lipinski definition) is 1. The van der Waals surface area contributed by atoms with E-state index in [1.807, 2.05) is 11.4 Å². The van der Waals surface area contributed by atoms with Crippen LogP contribution in [0.2, 0.25) is 0 Å². The normalized spacial score (nSPS) is 11.8. The molecule has 0 atom stereocenters. The maximum Gasteiger partial charge on any atom is 0.261 e. The number of nitrogens with zero attached hydrogens (tertiary/aromatic N) is 2. The summed E-state index contributed by atoms with van der Waals surface area (Å²) in [6, 6.07) is 1.90. The molecule has 110 valence electrons. The summed E-state index contributed by atoms with van der Waals surface area (Å²) in [5.41, 5.74) is 0.143. The first-order valence-electron chi connectivity index (χ1n) is 6.69. The van der Waals surface area contributed by atoms with Crippen molar-refractivity contribution >= 4 is 11.3 Å². The van der Waals surface area contributed by atoms with Gasteiger partial charge in [0.15, 0.2) is 0 Å². The van der Waals surface area contributed by atoms with Gasteiger partial charge in [0.05, 0.1) is 7.11 Å². The smallest absolute Gasteiger partial charge is 0.261 e. The molecule has 0 bridgehead atoms. The highest BCUT2D eigenvalue weighted by Crippen LogP contribution is 2.34. The largest absolute Gasteiger partial charge is 0.495 e. The molecule has 0 fully saturated rings. The van der Waals surface area contributed by atoms with Gasteiger partial charge in [0.2, 0.25) is 5.89 Å². The average Bonchev–Trinajstić information content (AvgIpc) is 3.01. The second kappa shape index (κ2) is 6.37. The lowest BCUT2D eigenvalue weighted by molar-refractivity contribution is 0.409. The summed E-state index contributed by atoms with van der Waals surface area (Å²) in [6.45, 7) is 7.39. The first kappa shape index (κ1) is 15.0. The van der Waals surface area contributed by atoms with Crippen LogP contribution in [0.15, 0.2) is 15.9 Å². The van der Waals surface area contributed by atoms with Crippen LogP contribution in [0.3, 0.4) is 0 Å². The number of ether oxygens (including phenoxy) is 1. The van der Waals surface area contributed by atoms with Gasteiger partial charge in [-0.25, -0.2) is 0 Å². The summed E-state index contributed by atoms with van der Waals surface area (Å²) in [5.74, 6) is 1.99. The van der Waals surface area contributed by atoms with E-state index in [4.69, 9.17) is 9.15 Å².